The summed E-state index contributed by atoms with van der Waals surface area (Å²) in [7, 11) is 0. The van der Waals surface area contributed by atoms with Crippen LogP contribution < -0.4 is 19.7 Å². The number of aromatic nitrogens is 3. The number of hydrogen-bond acceptors (Lipinski definition) is 8. The number of pyridine rings is 1. The fourth-order valence-electron chi connectivity index (χ4n) is 7.00. The summed E-state index contributed by atoms with van der Waals surface area (Å²) in [4.78, 5) is 30.6. The molecule has 0 atom stereocenters. The maximum Gasteiger partial charge on any atom is 0.258 e. The van der Waals surface area contributed by atoms with Crippen LogP contribution in [-0.4, -0.2) is 69.8 Å². The predicted octanol–water partition coefficient (Wildman–Crippen LogP) is 4.85. The van der Waals surface area contributed by atoms with Crippen molar-refractivity contribution in [3.8, 4) is 17.2 Å². The molecule has 4 aliphatic rings. The minimum absolute atomic E-state index is 0.0957. The Balaban J connectivity index is 1.03. The molecule has 2 aromatic heterocycles. The van der Waals surface area contributed by atoms with E-state index in [4.69, 9.17) is 9.47 Å². The number of amides is 1. The maximum atomic E-state index is 14.4. The Morgan fingerprint density at radius 3 is 2.72 bits per heavy atom. The van der Waals surface area contributed by atoms with E-state index in [0.29, 0.717) is 11.6 Å². The number of rotatable bonds is 8. The van der Waals surface area contributed by atoms with Crippen molar-refractivity contribution < 1.29 is 23.0 Å². The van der Waals surface area contributed by atoms with Gasteiger partial charge in [-0.1, -0.05) is 0 Å². The number of halogens is 2. The summed E-state index contributed by atoms with van der Waals surface area (Å²) in [5, 5.41) is 3.41. The molecule has 1 aromatic carbocycles. The molecule has 2 saturated carbocycles. The number of nitrogens with zero attached hydrogens (tertiary/aromatic N) is 5. The van der Waals surface area contributed by atoms with Crippen LogP contribution in [0, 0.1) is 11.2 Å². The number of anilines is 1. The van der Waals surface area contributed by atoms with Crippen LogP contribution in [0.15, 0.2) is 43.0 Å². The van der Waals surface area contributed by atoms with E-state index in [9.17, 15) is 13.6 Å². The number of carbonyl (C=O) groups is 1. The summed E-state index contributed by atoms with van der Waals surface area (Å²) < 4.78 is 40.7. The van der Waals surface area contributed by atoms with Crippen LogP contribution in [0.5, 0.6) is 17.2 Å². The van der Waals surface area contributed by atoms with Crippen LogP contribution in [0.2, 0.25) is 0 Å². The van der Waals surface area contributed by atoms with Crippen molar-refractivity contribution in [2.75, 3.05) is 24.5 Å². The fraction of sp³-hybridized carbons (Fsp3) is 0.500. The van der Waals surface area contributed by atoms with Gasteiger partial charge in [-0.3, -0.25) is 9.78 Å². The molecular weight excluding hydrogens is 554 g/mol. The Morgan fingerprint density at radius 1 is 1.14 bits per heavy atom. The van der Waals surface area contributed by atoms with Gasteiger partial charge in [-0.15, -0.1) is 0 Å². The zero-order valence-corrected chi connectivity index (χ0v) is 24.4. The number of carbonyl (C=O) groups excluding carboxylic acids is 1. The SMILES string of the molecule is CC(C)N(C(=O)c1cc(F)ccc1Oc1cncnc1N1CC2(CC(Oc3ccnc4c3CNCC4)C2)C1)C1CC(F)C1. The van der Waals surface area contributed by atoms with Crippen molar-refractivity contribution in [3.63, 3.8) is 0 Å². The first-order valence-electron chi connectivity index (χ1n) is 15.1. The topological polar surface area (TPSA) is 92.7 Å². The first-order valence-corrected chi connectivity index (χ1v) is 15.1. The van der Waals surface area contributed by atoms with E-state index in [1.165, 1.54) is 30.1 Å². The lowest BCUT2D eigenvalue weighted by molar-refractivity contribution is -0.0349. The fourth-order valence-corrected chi connectivity index (χ4v) is 7.00. The number of hydrogen-bond donors (Lipinski definition) is 1. The van der Waals surface area contributed by atoms with Gasteiger partial charge in [0.1, 0.15) is 35.9 Å². The van der Waals surface area contributed by atoms with E-state index >= 15 is 0 Å². The van der Waals surface area contributed by atoms with Gasteiger partial charge in [-0.25, -0.2) is 18.7 Å². The average Bonchev–Trinajstić information content (AvgIpc) is 2.94. The highest BCUT2D eigenvalue weighted by atomic mass is 19.1. The molecule has 3 aromatic rings. The average molecular weight is 591 g/mol. The van der Waals surface area contributed by atoms with Gasteiger partial charge >= 0.3 is 0 Å². The third-order valence-corrected chi connectivity index (χ3v) is 9.20. The van der Waals surface area contributed by atoms with Gasteiger partial charge in [0.05, 0.1) is 11.8 Å². The molecule has 0 bridgehead atoms. The molecule has 1 saturated heterocycles. The monoisotopic (exact) mass is 590 g/mol. The molecule has 9 nitrogen and oxygen atoms in total. The van der Waals surface area contributed by atoms with Crippen LogP contribution in [0.25, 0.3) is 0 Å². The molecule has 2 aliphatic carbocycles. The highest BCUT2D eigenvalue weighted by Crippen LogP contribution is 2.52. The second kappa shape index (κ2) is 11.0. The van der Waals surface area contributed by atoms with E-state index in [2.05, 4.69) is 25.2 Å². The lowest BCUT2D eigenvalue weighted by Crippen LogP contribution is -2.65. The van der Waals surface area contributed by atoms with Crippen LogP contribution >= 0.6 is 0 Å². The van der Waals surface area contributed by atoms with Crippen LogP contribution in [0.3, 0.4) is 0 Å². The molecule has 3 fully saturated rings. The molecule has 226 valence electrons. The van der Waals surface area contributed by atoms with Gasteiger partial charge in [0.2, 0.25) is 0 Å². The van der Waals surface area contributed by atoms with Crippen LogP contribution in [-0.2, 0) is 13.0 Å². The minimum atomic E-state index is -0.915. The van der Waals surface area contributed by atoms with Crippen LogP contribution in [0.4, 0.5) is 14.6 Å². The van der Waals surface area contributed by atoms with Gasteiger partial charge in [0, 0.05) is 67.6 Å². The van der Waals surface area contributed by atoms with Crippen molar-refractivity contribution in [1.82, 2.24) is 25.2 Å². The first kappa shape index (κ1) is 27.9. The number of fused-ring (bicyclic) bond motifs is 1. The van der Waals surface area contributed by atoms with E-state index in [1.807, 2.05) is 26.1 Å². The summed E-state index contributed by atoms with van der Waals surface area (Å²) in [5.41, 5.74) is 2.54. The molecule has 4 heterocycles. The molecule has 2 aliphatic heterocycles. The first-order chi connectivity index (χ1) is 20.8. The van der Waals surface area contributed by atoms with Gasteiger partial charge in [-0.2, -0.15) is 0 Å². The number of benzene rings is 1. The Kier molecular flexibility index (Phi) is 7.15. The second-order valence-electron chi connectivity index (χ2n) is 12.6. The van der Waals surface area contributed by atoms with Crippen molar-refractivity contribution in [2.45, 2.75) is 76.9 Å². The lowest BCUT2D eigenvalue weighted by Gasteiger charge is -2.59. The highest BCUT2D eigenvalue weighted by Gasteiger charge is 2.54. The molecule has 11 heteroatoms. The molecule has 43 heavy (non-hydrogen) atoms. The molecule has 0 unspecified atom stereocenters. The molecule has 1 amide bonds. The highest BCUT2D eigenvalue weighted by molar-refractivity contribution is 5.97. The summed E-state index contributed by atoms with van der Waals surface area (Å²) in [6.45, 7) is 7.10. The normalized spacial score (nSPS) is 22.3. The minimum Gasteiger partial charge on any atom is -0.490 e. The quantitative estimate of drug-likeness (QED) is 0.398. The standard InChI is InChI=1S/C32H36F2N6O3/c1-19(2)40(22-9-21(34)10-22)31(41)24-11-20(33)3-4-27(24)43-29-15-36-18-38-30(29)39-16-32(17-39)12-23(13-32)42-28-6-8-37-26-5-7-35-14-25(26)28/h3-4,6,8,11,15,18-19,21-23,35H,5,7,9-10,12-14,16-17H2,1-2H3. The van der Waals surface area contributed by atoms with Crippen LogP contribution in [0.1, 0.15) is 61.1 Å². The van der Waals surface area contributed by atoms with Gasteiger partial charge < -0.3 is 24.6 Å². The Hall–Kier alpha value is -3.86. The van der Waals surface area contributed by atoms with Crippen molar-refractivity contribution >= 4 is 11.7 Å². The molecule has 1 N–H and O–H groups in total. The molecular formula is C32H36F2N6O3. The van der Waals surface area contributed by atoms with E-state index in [-0.39, 0.29) is 53.7 Å². The summed E-state index contributed by atoms with van der Waals surface area (Å²) in [6.07, 6.45) is 7.54. The van der Waals surface area contributed by atoms with E-state index in [1.54, 1.807) is 11.1 Å². The smallest absolute Gasteiger partial charge is 0.258 e. The second-order valence-corrected chi connectivity index (χ2v) is 12.6. The molecule has 7 rings (SSSR count). The van der Waals surface area contributed by atoms with Crippen molar-refractivity contribution in [1.29, 1.82) is 0 Å². The Bertz CT molecular complexity index is 1520. The summed E-state index contributed by atoms with van der Waals surface area (Å²) in [5.74, 6) is 1.24. The Morgan fingerprint density at radius 2 is 1.95 bits per heavy atom. The molecule has 0 radical (unpaired) electrons. The van der Waals surface area contributed by atoms with Crippen molar-refractivity contribution in [3.05, 3.63) is 65.6 Å². The lowest BCUT2D eigenvalue weighted by atomic mass is 9.61. The summed E-state index contributed by atoms with van der Waals surface area (Å²) >= 11 is 0. The largest absolute Gasteiger partial charge is 0.490 e. The zero-order valence-electron chi connectivity index (χ0n) is 24.4. The summed E-state index contributed by atoms with van der Waals surface area (Å²) in [6, 6.07) is 5.47. The van der Waals surface area contributed by atoms with E-state index < -0.39 is 12.0 Å². The predicted molar refractivity (Wildman–Crippen MR) is 156 cm³/mol. The van der Waals surface area contributed by atoms with Crippen molar-refractivity contribution in [2.24, 2.45) is 5.41 Å². The van der Waals surface area contributed by atoms with E-state index in [0.717, 1.165) is 56.9 Å². The third-order valence-electron chi connectivity index (χ3n) is 9.20. The molecule has 1 spiro atoms. The number of ether oxygens (including phenoxy) is 2. The van der Waals surface area contributed by atoms with Gasteiger partial charge in [0.25, 0.3) is 5.91 Å². The van der Waals surface area contributed by atoms with Gasteiger partial charge in [0.15, 0.2) is 11.6 Å². The third kappa shape index (κ3) is 5.28. The zero-order chi connectivity index (χ0) is 29.7. The van der Waals surface area contributed by atoms with Gasteiger partial charge in [-0.05, 0) is 63.8 Å². The Labute approximate surface area is 249 Å². The number of nitrogens with one attached hydrogen (secondary N) is 1. The number of alkyl halides is 1. The maximum absolute atomic E-state index is 14.4.